The van der Waals surface area contributed by atoms with Crippen LogP contribution in [-0.2, 0) is 21.4 Å². The number of sulfonamides is 1. The largest absolute Gasteiger partial charge is 0.497 e. The van der Waals surface area contributed by atoms with E-state index >= 15 is 0 Å². The molecule has 0 fully saturated rings. The van der Waals surface area contributed by atoms with Crippen molar-refractivity contribution in [2.75, 3.05) is 7.11 Å². The Morgan fingerprint density at radius 1 is 1.11 bits per heavy atom. The van der Waals surface area contributed by atoms with Crippen molar-refractivity contribution in [3.63, 3.8) is 0 Å². The summed E-state index contributed by atoms with van der Waals surface area (Å²) in [6, 6.07) is 11.9. The van der Waals surface area contributed by atoms with Gasteiger partial charge in [-0.2, -0.15) is 4.31 Å². The Kier molecular flexibility index (Phi) is 7.46. The molecule has 0 heterocycles. The Labute approximate surface area is 171 Å². The third-order valence-electron chi connectivity index (χ3n) is 4.29. The van der Waals surface area contributed by atoms with Crippen molar-refractivity contribution in [1.29, 1.82) is 0 Å². The van der Waals surface area contributed by atoms with Gasteiger partial charge in [-0.25, -0.2) is 8.42 Å². The Balaban J connectivity index is 2.49. The van der Waals surface area contributed by atoms with E-state index in [1.807, 2.05) is 13.8 Å². The Morgan fingerprint density at radius 3 is 2.14 bits per heavy atom. The third kappa shape index (κ3) is 5.47. The summed E-state index contributed by atoms with van der Waals surface area (Å²) in [6.07, 6.45) is 0.318. The molecule has 1 unspecified atom stereocenters. The molecule has 2 rings (SSSR count). The Morgan fingerprint density at radius 2 is 1.68 bits per heavy atom. The van der Waals surface area contributed by atoms with Crippen molar-refractivity contribution < 1.29 is 17.9 Å². The highest BCUT2D eigenvalue weighted by Crippen LogP contribution is 2.26. The van der Waals surface area contributed by atoms with Crippen LogP contribution in [0.4, 0.5) is 0 Å². The van der Waals surface area contributed by atoms with Gasteiger partial charge in [-0.05, 0) is 54.3 Å². The van der Waals surface area contributed by atoms with Gasteiger partial charge in [-0.15, -0.1) is 0 Å². The van der Waals surface area contributed by atoms with Gasteiger partial charge in [-0.3, -0.25) is 4.79 Å². The first-order valence-electron chi connectivity index (χ1n) is 8.84. The van der Waals surface area contributed by atoms with E-state index in [2.05, 4.69) is 0 Å². The van der Waals surface area contributed by atoms with Crippen LogP contribution in [0.1, 0.15) is 25.8 Å². The fourth-order valence-electron chi connectivity index (χ4n) is 2.84. The highest BCUT2D eigenvalue weighted by Gasteiger charge is 2.35. The van der Waals surface area contributed by atoms with Crippen molar-refractivity contribution in [2.45, 2.75) is 37.8 Å². The van der Waals surface area contributed by atoms with Crippen LogP contribution in [0.5, 0.6) is 5.75 Å². The number of primary amides is 1. The predicted octanol–water partition coefficient (Wildman–Crippen LogP) is 3.44. The summed E-state index contributed by atoms with van der Waals surface area (Å²) in [7, 11) is -2.43. The maximum atomic E-state index is 13.3. The smallest absolute Gasteiger partial charge is 0.244 e. The number of benzene rings is 2. The fraction of sp³-hybridized carbons (Fsp3) is 0.350. The normalized spacial score (nSPS) is 12.9. The van der Waals surface area contributed by atoms with Gasteiger partial charge in [0, 0.05) is 11.6 Å². The van der Waals surface area contributed by atoms with Gasteiger partial charge in [0.25, 0.3) is 0 Å². The van der Waals surface area contributed by atoms with Crippen molar-refractivity contribution in [3.8, 4) is 5.75 Å². The minimum atomic E-state index is -3.98. The number of ether oxygens (including phenoxy) is 1. The van der Waals surface area contributed by atoms with Crippen molar-refractivity contribution in [2.24, 2.45) is 11.7 Å². The van der Waals surface area contributed by atoms with Crippen LogP contribution >= 0.6 is 11.6 Å². The van der Waals surface area contributed by atoms with Crippen LogP contribution < -0.4 is 10.5 Å². The van der Waals surface area contributed by atoms with Crippen LogP contribution in [-0.4, -0.2) is 31.8 Å². The molecule has 28 heavy (non-hydrogen) atoms. The molecule has 0 radical (unpaired) electrons. The minimum absolute atomic E-state index is 0.00921. The minimum Gasteiger partial charge on any atom is -0.497 e. The van der Waals surface area contributed by atoms with Gasteiger partial charge in [-0.1, -0.05) is 37.6 Å². The predicted molar refractivity (Wildman–Crippen MR) is 110 cm³/mol. The number of rotatable bonds is 9. The summed E-state index contributed by atoms with van der Waals surface area (Å²) in [5, 5.41) is 0.425. The summed E-state index contributed by atoms with van der Waals surface area (Å²) in [6.45, 7) is 3.84. The maximum Gasteiger partial charge on any atom is 0.244 e. The van der Waals surface area contributed by atoms with Crippen molar-refractivity contribution in [3.05, 3.63) is 59.1 Å². The molecule has 8 heteroatoms. The molecule has 0 aliphatic rings. The van der Waals surface area contributed by atoms with E-state index in [1.54, 1.807) is 31.4 Å². The molecule has 0 spiro atoms. The van der Waals surface area contributed by atoms with E-state index in [-0.39, 0.29) is 17.4 Å². The second kappa shape index (κ2) is 9.41. The maximum absolute atomic E-state index is 13.3. The van der Waals surface area contributed by atoms with E-state index in [0.29, 0.717) is 22.8 Å². The molecule has 1 atom stereocenters. The molecule has 2 aromatic rings. The zero-order chi connectivity index (χ0) is 20.9. The first-order chi connectivity index (χ1) is 13.1. The number of halogens is 1. The van der Waals surface area contributed by atoms with Crippen LogP contribution in [0, 0.1) is 5.92 Å². The Bertz CT molecular complexity index is 897. The van der Waals surface area contributed by atoms with E-state index in [9.17, 15) is 13.2 Å². The second-order valence-corrected chi connectivity index (χ2v) is 9.23. The zero-order valence-corrected chi connectivity index (χ0v) is 17.7. The monoisotopic (exact) mass is 424 g/mol. The van der Waals surface area contributed by atoms with Crippen LogP contribution in [0.15, 0.2) is 53.4 Å². The molecule has 0 aliphatic carbocycles. The molecular formula is C20H25ClN2O4S. The Hall–Kier alpha value is -2.09. The summed E-state index contributed by atoms with van der Waals surface area (Å²) in [5.74, 6) is 0.0560. The zero-order valence-electron chi connectivity index (χ0n) is 16.1. The van der Waals surface area contributed by atoms with Gasteiger partial charge in [0.15, 0.2) is 0 Å². The first-order valence-corrected chi connectivity index (χ1v) is 10.7. The van der Waals surface area contributed by atoms with Crippen LogP contribution in [0.2, 0.25) is 5.02 Å². The summed E-state index contributed by atoms with van der Waals surface area (Å²) in [5.41, 5.74) is 6.31. The third-order valence-corrected chi connectivity index (χ3v) is 6.41. The van der Waals surface area contributed by atoms with Gasteiger partial charge < -0.3 is 10.5 Å². The van der Waals surface area contributed by atoms with Gasteiger partial charge >= 0.3 is 0 Å². The lowest BCUT2D eigenvalue weighted by Gasteiger charge is -2.30. The number of hydrogen-bond donors (Lipinski definition) is 1. The summed E-state index contributed by atoms with van der Waals surface area (Å²) in [4.78, 5) is 12.2. The number of nitrogens with zero attached hydrogens (tertiary/aromatic N) is 1. The number of methoxy groups -OCH3 is 1. The molecule has 0 bridgehead atoms. The molecule has 2 N–H and O–H groups in total. The lowest BCUT2D eigenvalue weighted by Crippen LogP contribution is -2.48. The number of carbonyl (C=O) groups excluding carboxylic acids is 1. The molecule has 0 saturated carbocycles. The van der Waals surface area contributed by atoms with Crippen LogP contribution in [0.3, 0.4) is 0 Å². The van der Waals surface area contributed by atoms with E-state index in [4.69, 9.17) is 22.1 Å². The molecule has 6 nitrogen and oxygen atoms in total. The van der Waals surface area contributed by atoms with E-state index in [1.165, 1.54) is 28.6 Å². The number of nitrogens with two attached hydrogens (primary N) is 1. The highest BCUT2D eigenvalue weighted by molar-refractivity contribution is 7.89. The summed E-state index contributed by atoms with van der Waals surface area (Å²) < 4.78 is 33.0. The molecule has 0 aromatic heterocycles. The topological polar surface area (TPSA) is 89.7 Å². The molecule has 0 saturated heterocycles. The average molecular weight is 425 g/mol. The molecular weight excluding hydrogens is 400 g/mol. The lowest BCUT2D eigenvalue weighted by molar-refractivity contribution is -0.122. The van der Waals surface area contributed by atoms with E-state index < -0.39 is 22.0 Å². The second-order valence-electron chi connectivity index (χ2n) is 6.90. The van der Waals surface area contributed by atoms with Gasteiger partial charge in [0.05, 0.1) is 12.0 Å². The van der Waals surface area contributed by atoms with Crippen LogP contribution in [0.25, 0.3) is 0 Å². The number of amides is 1. The SMILES string of the molecule is COc1ccc(CN(C(CC(C)C)C(N)=O)S(=O)(=O)c2ccc(Cl)cc2)cc1. The molecule has 152 valence electrons. The summed E-state index contributed by atoms with van der Waals surface area (Å²) >= 11 is 5.89. The number of carbonyl (C=O) groups is 1. The van der Waals surface area contributed by atoms with Gasteiger partial charge in [0.2, 0.25) is 15.9 Å². The first kappa shape index (κ1) is 22.2. The average Bonchev–Trinajstić information content (AvgIpc) is 2.65. The highest BCUT2D eigenvalue weighted by atomic mass is 35.5. The van der Waals surface area contributed by atoms with Crippen molar-refractivity contribution >= 4 is 27.5 Å². The fourth-order valence-corrected chi connectivity index (χ4v) is 4.56. The lowest BCUT2D eigenvalue weighted by atomic mass is 10.0. The molecule has 2 aromatic carbocycles. The number of hydrogen-bond acceptors (Lipinski definition) is 4. The quantitative estimate of drug-likeness (QED) is 0.667. The molecule has 1 amide bonds. The van der Waals surface area contributed by atoms with E-state index in [0.717, 1.165) is 0 Å². The standard InChI is InChI=1S/C20H25ClN2O4S/c1-14(2)12-19(20(22)24)23(13-15-4-8-17(27-3)9-5-15)28(25,26)18-10-6-16(21)7-11-18/h4-11,14,19H,12-13H2,1-3H3,(H2,22,24). The molecule has 0 aliphatic heterocycles. The van der Waals surface area contributed by atoms with Crippen molar-refractivity contribution in [1.82, 2.24) is 4.31 Å². The van der Waals surface area contributed by atoms with Gasteiger partial charge in [0.1, 0.15) is 11.8 Å².